The summed E-state index contributed by atoms with van der Waals surface area (Å²) in [7, 11) is 0. The first-order valence-corrected chi connectivity index (χ1v) is 8.51. The SMILES string of the molecule is N[C@H]1CC[C@H](C(=O)NCc2ccccc2CN2CCCC2=O)C1. The van der Waals surface area contributed by atoms with E-state index in [0.29, 0.717) is 19.5 Å². The Labute approximate surface area is 137 Å². The van der Waals surface area contributed by atoms with Gasteiger partial charge in [-0.25, -0.2) is 0 Å². The second-order valence-electron chi connectivity index (χ2n) is 6.68. The van der Waals surface area contributed by atoms with Crippen LogP contribution in [0.5, 0.6) is 0 Å². The molecule has 23 heavy (non-hydrogen) atoms. The summed E-state index contributed by atoms with van der Waals surface area (Å²) >= 11 is 0. The van der Waals surface area contributed by atoms with Crippen molar-refractivity contribution in [3.63, 3.8) is 0 Å². The monoisotopic (exact) mass is 315 g/mol. The first-order chi connectivity index (χ1) is 11.1. The van der Waals surface area contributed by atoms with E-state index in [9.17, 15) is 9.59 Å². The van der Waals surface area contributed by atoms with Gasteiger partial charge in [0.05, 0.1) is 0 Å². The zero-order valence-electron chi connectivity index (χ0n) is 13.5. The molecule has 1 aliphatic heterocycles. The van der Waals surface area contributed by atoms with Gasteiger partial charge < -0.3 is 16.0 Å². The molecule has 1 heterocycles. The van der Waals surface area contributed by atoms with Gasteiger partial charge in [0.2, 0.25) is 11.8 Å². The van der Waals surface area contributed by atoms with E-state index in [0.717, 1.165) is 43.4 Å². The van der Waals surface area contributed by atoms with Crippen LogP contribution in [-0.4, -0.2) is 29.3 Å². The lowest BCUT2D eigenvalue weighted by atomic mass is 10.0. The molecule has 5 nitrogen and oxygen atoms in total. The first kappa shape index (κ1) is 16.0. The number of rotatable bonds is 5. The Kier molecular flexibility index (Phi) is 4.96. The molecule has 5 heteroatoms. The largest absolute Gasteiger partial charge is 0.352 e. The highest BCUT2D eigenvalue weighted by Gasteiger charge is 2.27. The van der Waals surface area contributed by atoms with E-state index < -0.39 is 0 Å². The summed E-state index contributed by atoms with van der Waals surface area (Å²) in [6, 6.07) is 8.19. The first-order valence-electron chi connectivity index (χ1n) is 8.51. The maximum Gasteiger partial charge on any atom is 0.223 e. The van der Waals surface area contributed by atoms with Gasteiger partial charge in [-0.1, -0.05) is 24.3 Å². The summed E-state index contributed by atoms with van der Waals surface area (Å²) in [6.07, 6.45) is 4.21. The Morgan fingerprint density at radius 3 is 2.70 bits per heavy atom. The van der Waals surface area contributed by atoms with Crippen LogP contribution in [0.1, 0.15) is 43.2 Å². The predicted octanol–water partition coefficient (Wildman–Crippen LogP) is 1.55. The highest BCUT2D eigenvalue weighted by molar-refractivity contribution is 5.79. The van der Waals surface area contributed by atoms with Gasteiger partial charge in [0.15, 0.2) is 0 Å². The van der Waals surface area contributed by atoms with Crippen LogP contribution in [0.2, 0.25) is 0 Å². The molecule has 0 radical (unpaired) electrons. The van der Waals surface area contributed by atoms with E-state index in [1.165, 1.54) is 0 Å². The maximum absolute atomic E-state index is 12.2. The van der Waals surface area contributed by atoms with Crippen LogP contribution >= 0.6 is 0 Å². The molecule has 2 fully saturated rings. The number of hydrogen-bond donors (Lipinski definition) is 2. The molecule has 0 unspecified atom stereocenters. The summed E-state index contributed by atoms with van der Waals surface area (Å²) in [6.45, 7) is 1.99. The molecule has 0 bridgehead atoms. The Morgan fingerprint density at radius 1 is 1.26 bits per heavy atom. The van der Waals surface area contributed by atoms with Gasteiger partial charge in [-0.05, 0) is 36.8 Å². The van der Waals surface area contributed by atoms with Crippen molar-refractivity contribution in [3.8, 4) is 0 Å². The molecule has 1 aromatic rings. The molecule has 0 aromatic heterocycles. The third-order valence-corrected chi connectivity index (χ3v) is 4.95. The van der Waals surface area contributed by atoms with Crippen molar-refractivity contribution < 1.29 is 9.59 Å². The van der Waals surface area contributed by atoms with Gasteiger partial charge in [0, 0.05) is 38.0 Å². The minimum absolute atomic E-state index is 0.0531. The molecule has 1 saturated heterocycles. The number of nitrogens with one attached hydrogen (secondary N) is 1. The van der Waals surface area contributed by atoms with E-state index >= 15 is 0 Å². The molecule has 3 N–H and O–H groups in total. The second-order valence-corrected chi connectivity index (χ2v) is 6.68. The molecule has 1 aliphatic carbocycles. The number of likely N-dealkylation sites (tertiary alicyclic amines) is 1. The lowest BCUT2D eigenvalue weighted by molar-refractivity contribution is -0.128. The zero-order valence-corrected chi connectivity index (χ0v) is 13.5. The minimum atomic E-state index is 0.0531. The molecule has 2 aliphatic rings. The number of nitrogens with zero attached hydrogens (tertiary/aromatic N) is 1. The quantitative estimate of drug-likeness (QED) is 0.865. The average molecular weight is 315 g/mol. The van der Waals surface area contributed by atoms with Crippen molar-refractivity contribution in [2.45, 2.75) is 51.2 Å². The van der Waals surface area contributed by atoms with Crippen LogP contribution in [0, 0.1) is 5.92 Å². The van der Waals surface area contributed by atoms with Crippen LogP contribution < -0.4 is 11.1 Å². The van der Waals surface area contributed by atoms with Crippen molar-refractivity contribution in [3.05, 3.63) is 35.4 Å². The van der Waals surface area contributed by atoms with Crippen LogP contribution in [0.3, 0.4) is 0 Å². The molecule has 124 valence electrons. The Hall–Kier alpha value is -1.88. The molecule has 3 rings (SSSR count). The highest BCUT2D eigenvalue weighted by Crippen LogP contribution is 2.24. The Morgan fingerprint density at radius 2 is 2.04 bits per heavy atom. The van der Waals surface area contributed by atoms with Crippen molar-refractivity contribution in [1.29, 1.82) is 0 Å². The van der Waals surface area contributed by atoms with Gasteiger partial charge >= 0.3 is 0 Å². The number of amides is 2. The number of carbonyl (C=O) groups excluding carboxylic acids is 2. The fourth-order valence-corrected chi connectivity index (χ4v) is 3.54. The molecule has 1 saturated carbocycles. The number of hydrogen-bond acceptors (Lipinski definition) is 3. The second kappa shape index (κ2) is 7.13. The Bertz CT molecular complexity index is 587. The number of benzene rings is 1. The van der Waals surface area contributed by atoms with Gasteiger partial charge in [-0.15, -0.1) is 0 Å². The third kappa shape index (κ3) is 3.91. The molecule has 1 aromatic carbocycles. The topological polar surface area (TPSA) is 75.4 Å². The molecule has 2 amide bonds. The van der Waals surface area contributed by atoms with Gasteiger partial charge in [0.1, 0.15) is 0 Å². The smallest absolute Gasteiger partial charge is 0.223 e. The van der Waals surface area contributed by atoms with E-state index in [1.807, 2.05) is 29.2 Å². The normalized spacial score (nSPS) is 24.2. The average Bonchev–Trinajstić information content (AvgIpc) is 3.15. The summed E-state index contributed by atoms with van der Waals surface area (Å²) in [5, 5.41) is 3.04. The predicted molar refractivity (Wildman–Crippen MR) is 88.3 cm³/mol. The molecular formula is C18H25N3O2. The van der Waals surface area contributed by atoms with Crippen molar-refractivity contribution >= 4 is 11.8 Å². The standard InChI is InChI=1S/C18H25N3O2/c19-16-8-7-13(10-16)18(23)20-11-14-4-1-2-5-15(14)12-21-9-3-6-17(21)22/h1-2,4-5,13,16H,3,6-12,19H2,(H,20,23)/t13-,16-/m0/s1. The van der Waals surface area contributed by atoms with Gasteiger partial charge in [-0.2, -0.15) is 0 Å². The number of nitrogens with two attached hydrogens (primary N) is 1. The number of carbonyl (C=O) groups is 2. The van der Waals surface area contributed by atoms with Crippen LogP contribution in [0.4, 0.5) is 0 Å². The van der Waals surface area contributed by atoms with Crippen LogP contribution in [0.15, 0.2) is 24.3 Å². The lowest BCUT2D eigenvalue weighted by Crippen LogP contribution is -2.31. The summed E-state index contributed by atoms with van der Waals surface area (Å²) < 4.78 is 0. The fourth-order valence-electron chi connectivity index (χ4n) is 3.54. The minimum Gasteiger partial charge on any atom is -0.352 e. The van der Waals surface area contributed by atoms with Crippen molar-refractivity contribution in [2.24, 2.45) is 11.7 Å². The fraction of sp³-hybridized carbons (Fsp3) is 0.556. The zero-order chi connectivity index (χ0) is 16.2. The summed E-state index contributed by atoms with van der Waals surface area (Å²) in [5.41, 5.74) is 8.08. The van der Waals surface area contributed by atoms with Crippen LogP contribution in [0.25, 0.3) is 0 Å². The lowest BCUT2D eigenvalue weighted by Gasteiger charge is -2.19. The Balaban J connectivity index is 1.59. The molecule has 0 spiro atoms. The van der Waals surface area contributed by atoms with Gasteiger partial charge in [-0.3, -0.25) is 9.59 Å². The van der Waals surface area contributed by atoms with E-state index in [1.54, 1.807) is 0 Å². The van der Waals surface area contributed by atoms with Crippen molar-refractivity contribution in [1.82, 2.24) is 10.2 Å². The van der Waals surface area contributed by atoms with E-state index in [4.69, 9.17) is 5.73 Å². The molecule has 2 atom stereocenters. The van der Waals surface area contributed by atoms with E-state index in [-0.39, 0.29) is 23.8 Å². The van der Waals surface area contributed by atoms with Crippen molar-refractivity contribution in [2.75, 3.05) is 6.54 Å². The van der Waals surface area contributed by atoms with Crippen LogP contribution in [-0.2, 0) is 22.7 Å². The van der Waals surface area contributed by atoms with E-state index in [2.05, 4.69) is 5.32 Å². The summed E-state index contributed by atoms with van der Waals surface area (Å²) in [5.74, 6) is 0.381. The highest BCUT2D eigenvalue weighted by atomic mass is 16.2. The third-order valence-electron chi connectivity index (χ3n) is 4.95. The van der Waals surface area contributed by atoms with Gasteiger partial charge in [0.25, 0.3) is 0 Å². The maximum atomic E-state index is 12.2. The summed E-state index contributed by atoms with van der Waals surface area (Å²) in [4.78, 5) is 25.9. The molecular weight excluding hydrogens is 290 g/mol.